The van der Waals surface area contributed by atoms with E-state index in [2.05, 4.69) is 22.0 Å². The van der Waals surface area contributed by atoms with E-state index in [1.54, 1.807) is 29.0 Å². The highest BCUT2D eigenvalue weighted by Gasteiger charge is 2.53. The lowest BCUT2D eigenvalue weighted by Crippen LogP contribution is -2.68. The third-order valence-electron chi connectivity index (χ3n) is 5.20. The Labute approximate surface area is 170 Å². The molecule has 1 atom stereocenters. The molecule has 0 spiro atoms. The summed E-state index contributed by atoms with van der Waals surface area (Å²) >= 11 is 1.19. The number of hydrogen-bond acceptors (Lipinski definition) is 5. The first-order valence-electron chi connectivity index (χ1n) is 9.30. The van der Waals surface area contributed by atoms with Crippen LogP contribution in [0.1, 0.15) is 47.2 Å². The van der Waals surface area contributed by atoms with Gasteiger partial charge in [0.15, 0.2) is 11.3 Å². The molecule has 0 aliphatic heterocycles. The van der Waals surface area contributed by atoms with E-state index >= 15 is 0 Å². The second-order valence-electron chi connectivity index (χ2n) is 7.41. The van der Waals surface area contributed by atoms with E-state index in [0.29, 0.717) is 24.2 Å². The topological polar surface area (TPSA) is 85.3 Å². The molecule has 1 aliphatic rings. The molecule has 0 saturated heterocycles. The van der Waals surface area contributed by atoms with Crippen LogP contribution >= 0.6 is 11.3 Å². The average Bonchev–Trinajstić information content (AvgIpc) is 3.28. The number of aromatic nitrogens is 3. The fourth-order valence-electron chi connectivity index (χ4n) is 3.60. The number of thiophene rings is 1. The van der Waals surface area contributed by atoms with Crippen LogP contribution in [-0.4, -0.2) is 32.1 Å². The summed E-state index contributed by atoms with van der Waals surface area (Å²) in [7, 11) is 0. The number of nitrogens with two attached hydrogens (primary N) is 1. The van der Waals surface area contributed by atoms with E-state index in [1.165, 1.54) is 11.3 Å². The highest BCUT2D eigenvalue weighted by molar-refractivity contribution is 7.15. The molecular weight excluding hydrogens is 396 g/mol. The number of nitrogens with zero attached hydrogens (tertiary/aromatic N) is 3. The average molecular weight is 417 g/mol. The number of carbonyl (C=O) groups is 1. The van der Waals surface area contributed by atoms with Gasteiger partial charge < -0.3 is 11.1 Å². The van der Waals surface area contributed by atoms with Gasteiger partial charge in [0.1, 0.15) is 0 Å². The predicted molar refractivity (Wildman–Crippen MR) is 109 cm³/mol. The second-order valence-corrected chi connectivity index (χ2v) is 8.46. The van der Waals surface area contributed by atoms with E-state index in [-0.39, 0.29) is 17.7 Å². The van der Waals surface area contributed by atoms with Crippen LogP contribution in [0.3, 0.4) is 0 Å². The first-order chi connectivity index (χ1) is 13.7. The van der Waals surface area contributed by atoms with Crippen LogP contribution in [0.4, 0.5) is 8.78 Å². The molecule has 3 heterocycles. The van der Waals surface area contributed by atoms with E-state index in [4.69, 9.17) is 5.73 Å². The van der Waals surface area contributed by atoms with Crippen molar-refractivity contribution >= 4 is 28.5 Å². The third kappa shape index (κ3) is 3.34. The van der Waals surface area contributed by atoms with Gasteiger partial charge in [0, 0.05) is 23.1 Å². The minimum Gasteiger partial charge on any atom is -0.328 e. The van der Waals surface area contributed by atoms with Crippen LogP contribution in [0.5, 0.6) is 0 Å². The van der Waals surface area contributed by atoms with Crippen molar-refractivity contribution in [3.05, 3.63) is 46.9 Å². The molecule has 1 amide bonds. The molecule has 4 rings (SSSR count). The van der Waals surface area contributed by atoms with Gasteiger partial charge in [-0.15, -0.1) is 11.3 Å². The maximum absolute atomic E-state index is 14.4. The molecule has 9 heteroatoms. The maximum atomic E-state index is 14.4. The second kappa shape index (κ2) is 7.00. The SMILES string of the molecule is C=C(C)c1sc(C(=O)N[C@]2(N)CCCCC2(F)F)cc1-c1cnc2cccnn12. The van der Waals surface area contributed by atoms with Crippen molar-refractivity contribution in [2.24, 2.45) is 5.73 Å². The fourth-order valence-corrected chi connectivity index (χ4v) is 4.59. The van der Waals surface area contributed by atoms with E-state index in [9.17, 15) is 13.6 Å². The molecule has 0 unspecified atom stereocenters. The summed E-state index contributed by atoms with van der Waals surface area (Å²) in [6.45, 7) is 5.81. The molecule has 1 fully saturated rings. The normalized spacial score (nSPS) is 21.2. The Morgan fingerprint density at radius 1 is 1.38 bits per heavy atom. The van der Waals surface area contributed by atoms with Gasteiger partial charge in [-0.3, -0.25) is 4.79 Å². The lowest BCUT2D eigenvalue weighted by molar-refractivity contribution is -0.111. The smallest absolute Gasteiger partial charge is 0.283 e. The summed E-state index contributed by atoms with van der Waals surface area (Å²) < 4.78 is 30.4. The van der Waals surface area contributed by atoms with Crippen molar-refractivity contribution in [1.82, 2.24) is 19.9 Å². The van der Waals surface area contributed by atoms with E-state index < -0.39 is 17.5 Å². The number of imidazole rings is 1. The molecule has 3 aromatic rings. The molecule has 29 heavy (non-hydrogen) atoms. The molecule has 1 aliphatic carbocycles. The van der Waals surface area contributed by atoms with Gasteiger partial charge in [-0.25, -0.2) is 18.3 Å². The number of nitrogens with one attached hydrogen (secondary N) is 1. The number of halogens is 2. The van der Waals surface area contributed by atoms with Gasteiger partial charge in [0.2, 0.25) is 0 Å². The van der Waals surface area contributed by atoms with Gasteiger partial charge in [0.25, 0.3) is 11.8 Å². The molecule has 0 aromatic carbocycles. The summed E-state index contributed by atoms with van der Waals surface area (Å²) in [5.74, 6) is -3.77. The molecule has 3 aromatic heterocycles. The van der Waals surface area contributed by atoms with Crippen molar-refractivity contribution in [2.75, 3.05) is 0 Å². The number of amides is 1. The standard InChI is InChI=1S/C20H21F2N5OS/c1-12(2)17-13(14-11-24-16-6-5-9-25-27(14)16)10-15(29-17)18(28)26-20(23)8-4-3-7-19(20,21)22/h5-6,9-11H,1,3-4,7-8,23H2,2H3,(H,26,28)/t20-/m1/s1. The Morgan fingerprint density at radius 2 is 2.14 bits per heavy atom. The summed E-state index contributed by atoms with van der Waals surface area (Å²) in [6.07, 6.45) is 3.96. The zero-order valence-electron chi connectivity index (χ0n) is 15.9. The molecule has 0 radical (unpaired) electrons. The zero-order chi connectivity index (χ0) is 20.8. The molecule has 6 nitrogen and oxygen atoms in total. The fraction of sp³-hybridized carbons (Fsp3) is 0.350. The Morgan fingerprint density at radius 3 is 2.86 bits per heavy atom. The van der Waals surface area contributed by atoms with Gasteiger partial charge in [-0.05, 0) is 50.0 Å². The van der Waals surface area contributed by atoms with E-state index in [0.717, 1.165) is 16.0 Å². The van der Waals surface area contributed by atoms with Crippen molar-refractivity contribution < 1.29 is 13.6 Å². The summed E-state index contributed by atoms with van der Waals surface area (Å²) in [6, 6.07) is 5.26. The number of rotatable bonds is 4. The highest BCUT2D eigenvalue weighted by Crippen LogP contribution is 2.40. The number of alkyl halides is 2. The Bertz CT molecular complexity index is 1110. The number of hydrogen-bond donors (Lipinski definition) is 2. The van der Waals surface area contributed by atoms with Crippen LogP contribution in [0, 0.1) is 0 Å². The lowest BCUT2D eigenvalue weighted by atomic mass is 9.85. The highest BCUT2D eigenvalue weighted by atomic mass is 32.1. The predicted octanol–water partition coefficient (Wildman–Crippen LogP) is 4.09. The monoisotopic (exact) mass is 417 g/mol. The van der Waals surface area contributed by atoms with Gasteiger partial charge in [-0.2, -0.15) is 5.10 Å². The van der Waals surface area contributed by atoms with Gasteiger partial charge in [0.05, 0.1) is 16.8 Å². The zero-order valence-corrected chi connectivity index (χ0v) is 16.7. The van der Waals surface area contributed by atoms with Crippen molar-refractivity contribution in [3.63, 3.8) is 0 Å². The third-order valence-corrected chi connectivity index (χ3v) is 6.49. The Hall–Kier alpha value is -2.65. The molecular formula is C20H21F2N5OS. The quantitative estimate of drug-likeness (QED) is 0.627. The largest absolute Gasteiger partial charge is 0.328 e. The van der Waals surface area contributed by atoms with E-state index in [1.807, 2.05) is 13.0 Å². The molecule has 0 bridgehead atoms. The molecule has 1 saturated carbocycles. The van der Waals surface area contributed by atoms with Crippen LogP contribution in [0.15, 0.2) is 37.2 Å². The number of carbonyl (C=O) groups excluding carboxylic acids is 1. The Kier molecular flexibility index (Phi) is 4.74. The summed E-state index contributed by atoms with van der Waals surface area (Å²) in [4.78, 5) is 18.2. The van der Waals surface area contributed by atoms with Crippen LogP contribution in [-0.2, 0) is 0 Å². The molecule has 3 N–H and O–H groups in total. The summed E-state index contributed by atoms with van der Waals surface area (Å²) in [5.41, 5.74) is 6.72. The van der Waals surface area contributed by atoms with Crippen molar-refractivity contribution in [3.8, 4) is 11.3 Å². The van der Waals surface area contributed by atoms with Gasteiger partial charge >= 0.3 is 0 Å². The van der Waals surface area contributed by atoms with Crippen molar-refractivity contribution in [2.45, 2.75) is 44.2 Å². The van der Waals surface area contributed by atoms with Gasteiger partial charge in [-0.1, -0.05) is 6.58 Å². The number of allylic oxidation sites excluding steroid dienone is 1. The Balaban J connectivity index is 1.72. The summed E-state index contributed by atoms with van der Waals surface area (Å²) in [5, 5.41) is 6.70. The number of fused-ring (bicyclic) bond motifs is 1. The maximum Gasteiger partial charge on any atom is 0.283 e. The minimum absolute atomic E-state index is 0.0362. The van der Waals surface area contributed by atoms with Crippen LogP contribution in [0.2, 0.25) is 0 Å². The lowest BCUT2D eigenvalue weighted by Gasteiger charge is -2.41. The molecule has 152 valence electrons. The van der Waals surface area contributed by atoms with Crippen LogP contribution in [0.25, 0.3) is 22.5 Å². The van der Waals surface area contributed by atoms with Crippen molar-refractivity contribution in [1.29, 1.82) is 0 Å². The van der Waals surface area contributed by atoms with Crippen LogP contribution < -0.4 is 11.1 Å². The minimum atomic E-state index is -3.15. The first-order valence-corrected chi connectivity index (χ1v) is 10.1. The first kappa shape index (κ1) is 19.7.